The number of aryl methyl sites for hydroxylation is 1. The zero-order chi connectivity index (χ0) is 23.7. The predicted octanol–water partition coefficient (Wildman–Crippen LogP) is 10.4. The van der Waals surface area contributed by atoms with Crippen LogP contribution in [-0.4, -0.2) is 24.5 Å². The van der Waals surface area contributed by atoms with Gasteiger partial charge in [0.1, 0.15) is 0 Å². The number of nitrogens with zero attached hydrogens (tertiary/aromatic N) is 1. The smallest absolute Gasteiger partial charge is 0.00187 e. The molecule has 0 aliphatic heterocycles. The third-order valence-corrected chi connectivity index (χ3v) is 7.11. The van der Waals surface area contributed by atoms with Crippen LogP contribution in [0.2, 0.25) is 0 Å². The Morgan fingerprint density at radius 3 is 1.18 bits per heavy atom. The van der Waals surface area contributed by atoms with E-state index in [1.807, 2.05) is 0 Å². The Balaban J connectivity index is 1.70. The molecule has 0 radical (unpaired) electrons. The van der Waals surface area contributed by atoms with Gasteiger partial charge in [-0.1, -0.05) is 147 Å². The Labute approximate surface area is 209 Å². The molecule has 0 unspecified atom stereocenters. The van der Waals surface area contributed by atoms with Crippen LogP contribution in [0.15, 0.2) is 30.3 Å². The van der Waals surface area contributed by atoms with Crippen molar-refractivity contribution in [3.63, 3.8) is 0 Å². The van der Waals surface area contributed by atoms with E-state index < -0.39 is 0 Å². The van der Waals surface area contributed by atoms with Gasteiger partial charge in [0.05, 0.1) is 0 Å². The summed E-state index contributed by atoms with van der Waals surface area (Å²) < 4.78 is 0. The lowest BCUT2D eigenvalue weighted by atomic mass is 10.0. The molecule has 1 aromatic carbocycles. The number of rotatable bonds is 25. The first-order chi connectivity index (χ1) is 16.4. The summed E-state index contributed by atoms with van der Waals surface area (Å²) in [5, 5.41) is 0. The van der Waals surface area contributed by atoms with Crippen LogP contribution in [0, 0.1) is 0 Å². The van der Waals surface area contributed by atoms with Crippen LogP contribution in [0.1, 0.15) is 148 Å². The molecule has 0 bridgehead atoms. The molecule has 0 aliphatic rings. The first-order valence-electron chi connectivity index (χ1n) is 15.1. The van der Waals surface area contributed by atoms with Crippen molar-refractivity contribution in [2.24, 2.45) is 0 Å². The summed E-state index contributed by atoms with van der Waals surface area (Å²) in [5.74, 6) is 0. The van der Waals surface area contributed by atoms with Crippen LogP contribution < -0.4 is 0 Å². The molecule has 1 rings (SSSR count). The Morgan fingerprint density at radius 1 is 0.424 bits per heavy atom. The normalized spacial score (nSPS) is 11.5. The van der Waals surface area contributed by atoms with Gasteiger partial charge in [-0.2, -0.15) is 0 Å². The van der Waals surface area contributed by atoms with Crippen molar-refractivity contribution < 1.29 is 0 Å². The third kappa shape index (κ3) is 20.3. The van der Waals surface area contributed by atoms with E-state index in [9.17, 15) is 0 Å². The molecule has 192 valence electrons. The molecule has 0 spiro atoms. The average Bonchev–Trinajstić information content (AvgIpc) is 2.83. The minimum atomic E-state index is 1.26. The van der Waals surface area contributed by atoms with Crippen LogP contribution in [0.25, 0.3) is 0 Å². The van der Waals surface area contributed by atoms with Crippen molar-refractivity contribution >= 4 is 0 Å². The van der Waals surface area contributed by atoms with E-state index in [2.05, 4.69) is 49.1 Å². The zero-order valence-corrected chi connectivity index (χ0v) is 22.8. The van der Waals surface area contributed by atoms with Gasteiger partial charge >= 0.3 is 0 Å². The second kappa shape index (κ2) is 24.3. The molecule has 0 aromatic heterocycles. The number of hydrogen-bond donors (Lipinski definition) is 0. The topological polar surface area (TPSA) is 3.24 Å². The minimum Gasteiger partial charge on any atom is -0.303 e. The van der Waals surface area contributed by atoms with Crippen LogP contribution in [-0.2, 0) is 6.42 Å². The van der Waals surface area contributed by atoms with Crippen LogP contribution in [0.5, 0.6) is 0 Å². The monoisotopic (exact) mass is 457 g/mol. The van der Waals surface area contributed by atoms with Crippen molar-refractivity contribution in [1.29, 1.82) is 0 Å². The molecule has 1 heteroatoms. The highest BCUT2D eigenvalue weighted by Gasteiger charge is 2.01. The highest BCUT2D eigenvalue weighted by molar-refractivity contribution is 5.14. The van der Waals surface area contributed by atoms with E-state index in [0.29, 0.717) is 0 Å². The van der Waals surface area contributed by atoms with Gasteiger partial charge in [0.2, 0.25) is 0 Å². The maximum Gasteiger partial charge on any atom is -0.00187 e. The third-order valence-electron chi connectivity index (χ3n) is 7.11. The first-order valence-corrected chi connectivity index (χ1v) is 15.1. The quantitative estimate of drug-likeness (QED) is 0.132. The molecule has 0 saturated heterocycles. The van der Waals surface area contributed by atoms with E-state index in [4.69, 9.17) is 0 Å². The molecule has 0 atom stereocenters. The van der Waals surface area contributed by atoms with Crippen molar-refractivity contribution in [1.82, 2.24) is 4.90 Å². The summed E-state index contributed by atoms with van der Waals surface area (Å²) in [6.07, 6.45) is 30.0. The fourth-order valence-corrected chi connectivity index (χ4v) is 5.11. The SMILES string of the molecule is CCCN(CCC)CCCCCCCCCCCCCCCCCCCCc1ccccc1. The van der Waals surface area contributed by atoms with Gasteiger partial charge in [-0.3, -0.25) is 0 Å². The molecule has 33 heavy (non-hydrogen) atoms. The molecular formula is C32H59N. The standard InChI is InChI=1S/C32H59N/c1-3-29-33(30-4-2)31-25-20-18-16-14-12-10-8-6-5-7-9-11-13-15-17-19-22-26-32-27-23-21-24-28-32/h21,23-24,27-28H,3-20,22,25-26,29-31H2,1-2H3. The summed E-state index contributed by atoms with van der Waals surface area (Å²) in [7, 11) is 0. The van der Waals surface area contributed by atoms with Gasteiger partial charge < -0.3 is 4.90 Å². The fourth-order valence-electron chi connectivity index (χ4n) is 5.11. The molecule has 1 aromatic rings. The first kappa shape index (κ1) is 30.2. The zero-order valence-electron chi connectivity index (χ0n) is 22.8. The Bertz CT molecular complexity index is 477. The number of unbranched alkanes of at least 4 members (excludes halogenated alkanes) is 17. The molecule has 0 aliphatic carbocycles. The highest BCUT2D eigenvalue weighted by atomic mass is 15.1. The molecule has 0 fully saturated rings. The lowest BCUT2D eigenvalue weighted by molar-refractivity contribution is 0.267. The second-order valence-electron chi connectivity index (χ2n) is 10.4. The number of benzene rings is 1. The van der Waals surface area contributed by atoms with Gasteiger partial charge in [0, 0.05) is 0 Å². The Hall–Kier alpha value is -0.820. The van der Waals surface area contributed by atoms with Crippen molar-refractivity contribution in [3.8, 4) is 0 Å². The maximum atomic E-state index is 2.66. The molecule has 0 N–H and O–H groups in total. The summed E-state index contributed by atoms with van der Waals surface area (Å²) in [6.45, 7) is 8.53. The van der Waals surface area contributed by atoms with Crippen LogP contribution in [0.4, 0.5) is 0 Å². The molecule has 1 nitrogen and oxygen atoms in total. The van der Waals surface area contributed by atoms with E-state index in [0.717, 1.165) is 0 Å². The molecular weight excluding hydrogens is 398 g/mol. The van der Waals surface area contributed by atoms with Crippen molar-refractivity contribution in [2.75, 3.05) is 19.6 Å². The van der Waals surface area contributed by atoms with Crippen molar-refractivity contribution in [3.05, 3.63) is 35.9 Å². The second-order valence-corrected chi connectivity index (χ2v) is 10.4. The van der Waals surface area contributed by atoms with E-state index in [1.165, 1.54) is 160 Å². The molecule has 0 heterocycles. The summed E-state index contributed by atoms with van der Waals surface area (Å²) in [4.78, 5) is 2.66. The van der Waals surface area contributed by atoms with Gasteiger partial charge in [-0.05, 0) is 57.3 Å². The Morgan fingerprint density at radius 2 is 0.788 bits per heavy atom. The van der Waals surface area contributed by atoms with Crippen LogP contribution in [0.3, 0.4) is 0 Å². The summed E-state index contributed by atoms with van der Waals surface area (Å²) >= 11 is 0. The predicted molar refractivity (Wildman–Crippen MR) is 150 cm³/mol. The van der Waals surface area contributed by atoms with Gasteiger partial charge in [0.25, 0.3) is 0 Å². The van der Waals surface area contributed by atoms with E-state index in [-0.39, 0.29) is 0 Å². The lowest BCUT2D eigenvalue weighted by Crippen LogP contribution is -2.26. The minimum absolute atomic E-state index is 1.26. The van der Waals surface area contributed by atoms with Crippen molar-refractivity contribution in [2.45, 2.75) is 149 Å². The van der Waals surface area contributed by atoms with Gasteiger partial charge in [-0.25, -0.2) is 0 Å². The highest BCUT2D eigenvalue weighted by Crippen LogP contribution is 2.15. The maximum absolute atomic E-state index is 2.66. The lowest BCUT2D eigenvalue weighted by Gasteiger charge is -2.20. The largest absolute Gasteiger partial charge is 0.303 e. The molecule has 0 saturated carbocycles. The number of hydrogen-bond acceptors (Lipinski definition) is 1. The van der Waals surface area contributed by atoms with Gasteiger partial charge in [0.15, 0.2) is 0 Å². The Kier molecular flexibility index (Phi) is 22.3. The van der Waals surface area contributed by atoms with E-state index in [1.54, 1.807) is 0 Å². The van der Waals surface area contributed by atoms with Gasteiger partial charge in [-0.15, -0.1) is 0 Å². The fraction of sp³-hybridized carbons (Fsp3) is 0.812. The van der Waals surface area contributed by atoms with E-state index >= 15 is 0 Å². The summed E-state index contributed by atoms with van der Waals surface area (Å²) in [5.41, 5.74) is 1.50. The molecule has 0 amide bonds. The average molecular weight is 458 g/mol. The summed E-state index contributed by atoms with van der Waals surface area (Å²) in [6, 6.07) is 11.0. The van der Waals surface area contributed by atoms with Crippen LogP contribution >= 0.6 is 0 Å².